The topological polar surface area (TPSA) is 126 Å². The van der Waals surface area contributed by atoms with Crippen LogP contribution in [0.4, 0.5) is 11.4 Å². The van der Waals surface area contributed by atoms with Gasteiger partial charge in [0.25, 0.3) is 5.69 Å². The second kappa shape index (κ2) is 6.64. The highest BCUT2D eigenvalue weighted by atomic mass is 16.7. The van der Waals surface area contributed by atoms with Gasteiger partial charge in [-0.15, -0.1) is 0 Å². The quantitative estimate of drug-likeness (QED) is 0.364. The van der Waals surface area contributed by atoms with Crippen molar-refractivity contribution in [1.82, 2.24) is 0 Å². The molecule has 2 rings (SSSR count). The predicted molar refractivity (Wildman–Crippen MR) is 75.0 cm³/mol. The Bertz CT molecular complexity index is 697. The van der Waals surface area contributed by atoms with E-state index in [0.717, 1.165) is 26.4 Å². The molecule has 0 fully saturated rings. The maximum Gasteiger partial charge on any atom is 0.354 e. The Balaban J connectivity index is 2.43. The average molecular weight is 324 g/mol. The Morgan fingerprint density at radius 2 is 1.91 bits per heavy atom. The van der Waals surface area contributed by atoms with E-state index in [4.69, 9.17) is 9.47 Å². The lowest BCUT2D eigenvalue weighted by molar-refractivity contribution is -0.384. The van der Waals surface area contributed by atoms with E-state index >= 15 is 0 Å². The van der Waals surface area contributed by atoms with Crippen LogP contribution in [-0.4, -0.2) is 37.9 Å². The molecule has 0 aromatic heterocycles. The summed E-state index contributed by atoms with van der Waals surface area (Å²) in [4.78, 5) is 33.5. The Morgan fingerprint density at radius 1 is 1.26 bits per heavy atom. The number of nitrogens with zero attached hydrogens (tertiary/aromatic N) is 1. The van der Waals surface area contributed by atoms with Crippen LogP contribution in [0, 0.1) is 10.1 Å². The monoisotopic (exact) mass is 324 g/mol. The Morgan fingerprint density at radius 3 is 2.48 bits per heavy atom. The summed E-state index contributed by atoms with van der Waals surface area (Å²) in [5, 5.41) is 13.6. The summed E-state index contributed by atoms with van der Waals surface area (Å²) in [5.74, 6) is -1.26. The highest BCUT2D eigenvalue weighted by Gasteiger charge is 2.25. The number of nitro benzene ring substituents is 1. The van der Waals surface area contributed by atoms with E-state index < -0.39 is 16.9 Å². The van der Waals surface area contributed by atoms with Gasteiger partial charge in [0.05, 0.1) is 31.3 Å². The largest absolute Gasteiger partial charge is 0.466 e. The van der Waals surface area contributed by atoms with Crippen molar-refractivity contribution in [3.8, 4) is 11.5 Å². The normalized spacial score (nSPS) is 12.5. The predicted octanol–water partition coefficient (Wildman–Crippen LogP) is 0.965. The number of carbonyl (C=O) groups excluding carboxylic acids is 2. The summed E-state index contributed by atoms with van der Waals surface area (Å²) >= 11 is 0. The highest BCUT2D eigenvalue weighted by Crippen LogP contribution is 2.40. The van der Waals surface area contributed by atoms with Crippen molar-refractivity contribution < 1.29 is 33.5 Å². The summed E-state index contributed by atoms with van der Waals surface area (Å²) in [6.07, 6.45) is 0.820. The van der Waals surface area contributed by atoms with Gasteiger partial charge in [0.1, 0.15) is 11.4 Å². The molecule has 0 radical (unpaired) electrons. The maximum absolute atomic E-state index is 11.7. The number of ether oxygens (including phenoxy) is 4. The second-order valence-electron chi connectivity index (χ2n) is 4.18. The molecule has 1 N–H and O–H groups in total. The van der Waals surface area contributed by atoms with Crippen molar-refractivity contribution >= 4 is 23.3 Å². The van der Waals surface area contributed by atoms with E-state index in [-0.39, 0.29) is 35.4 Å². The Labute approximate surface area is 129 Å². The smallest absolute Gasteiger partial charge is 0.354 e. The molecule has 0 spiro atoms. The zero-order chi connectivity index (χ0) is 17.0. The van der Waals surface area contributed by atoms with Crippen molar-refractivity contribution in [2.24, 2.45) is 0 Å². The number of hydrogen-bond acceptors (Lipinski definition) is 9. The number of esters is 2. The maximum atomic E-state index is 11.7. The lowest BCUT2D eigenvalue weighted by atomic mass is 10.2. The number of hydrogen-bond donors (Lipinski definition) is 1. The molecule has 0 bridgehead atoms. The van der Waals surface area contributed by atoms with Gasteiger partial charge in [-0.05, 0) is 0 Å². The average Bonchev–Trinajstić information content (AvgIpc) is 2.99. The van der Waals surface area contributed by atoms with E-state index in [0.29, 0.717) is 0 Å². The summed E-state index contributed by atoms with van der Waals surface area (Å²) in [6, 6.07) is 2.44. The minimum absolute atomic E-state index is 0.0696. The molecule has 10 nitrogen and oxygen atoms in total. The molecule has 0 saturated carbocycles. The van der Waals surface area contributed by atoms with Crippen molar-refractivity contribution in [3.05, 3.63) is 34.0 Å². The number of nitro groups is 1. The van der Waals surface area contributed by atoms with Gasteiger partial charge >= 0.3 is 11.9 Å². The molecule has 1 aromatic carbocycles. The molecule has 1 aromatic rings. The molecule has 1 aliphatic rings. The highest BCUT2D eigenvalue weighted by molar-refractivity contribution is 5.99. The zero-order valence-corrected chi connectivity index (χ0v) is 12.2. The van der Waals surface area contributed by atoms with Gasteiger partial charge < -0.3 is 24.3 Å². The third-order valence-electron chi connectivity index (χ3n) is 2.83. The molecular weight excluding hydrogens is 312 g/mol. The summed E-state index contributed by atoms with van der Waals surface area (Å²) < 4.78 is 19.1. The first kappa shape index (κ1) is 16.1. The third-order valence-corrected chi connectivity index (χ3v) is 2.83. The number of carbonyl (C=O) groups is 2. The number of fused-ring (bicyclic) bond motifs is 1. The molecule has 1 heterocycles. The molecule has 0 saturated heterocycles. The second-order valence-corrected chi connectivity index (χ2v) is 4.18. The fraction of sp³-hybridized carbons (Fsp3) is 0.231. The van der Waals surface area contributed by atoms with Crippen LogP contribution < -0.4 is 14.8 Å². The number of rotatable bonds is 5. The first-order valence-electron chi connectivity index (χ1n) is 6.19. The van der Waals surface area contributed by atoms with E-state index in [1.54, 1.807) is 0 Å². The fourth-order valence-corrected chi connectivity index (χ4v) is 1.76. The minimum Gasteiger partial charge on any atom is -0.466 e. The number of benzene rings is 1. The SMILES string of the molecule is COC(=O)/C=C(/Nc1cc2c(cc1[N+](=O)[O-])OCO2)C(=O)OC. The van der Waals surface area contributed by atoms with Gasteiger partial charge in [-0.1, -0.05) is 0 Å². The lowest BCUT2D eigenvalue weighted by Crippen LogP contribution is -2.16. The third kappa shape index (κ3) is 3.48. The van der Waals surface area contributed by atoms with Crippen LogP contribution in [0.15, 0.2) is 23.9 Å². The molecule has 10 heteroatoms. The number of methoxy groups -OCH3 is 2. The van der Waals surface area contributed by atoms with Crippen molar-refractivity contribution in [2.75, 3.05) is 26.3 Å². The van der Waals surface area contributed by atoms with Gasteiger partial charge in [0, 0.05) is 6.07 Å². The molecule has 0 atom stereocenters. The standard InChI is InChI=1S/C13H12N2O8/c1-20-12(16)4-8(13(17)21-2)14-7-3-10-11(23-6-22-10)5-9(7)15(18)19/h3-5,14H,6H2,1-2H3/b8-4+. The van der Waals surface area contributed by atoms with Gasteiger partial charge in [0.2, 0.25) is 6.79 Å². The van der Waals surface area contributed by atoms with Crippen LogP contribution in [0.25, 0.3) is 0 Å². The van der Waals surface area contributed by atoms with E-state index in [2.05, 4.69) is 14.8 Å². The zero-order valence-electron chi connectivity index (χ0n) is 12.2. The van der Waals surface area contributed by atoms with E-state index in [9.17, 15) is 19.7 Å². The van der Waals surface area contributed by atoms with Crippen molar-refractivity contribution in [1.29, 1.82) is 0 Å². The fourth-order valence-electron chi connectivity index (χ4n) is 1.76. The van der Waals surface area contributed by atoms with Gasteiger partial charge in [-0.3, -0.25) is 10.1 Å². The lowest BCUT2D eigenvalue weighted by Gasteiger charge is -2.10. The molecule has 0 aliphatic carbocycles. The molecule has 23 heavy (non-hydrogen) atoms. The van der Waals surface area contributed by atoms with E-state index in [1.807, 2.05) is 0 Å². The molecule has 0 amide bonds. The van der Waals surface area contributed by atoms with Crippen LogP contribution in [0.1, 0.15) is 0 Å². The van der Waals surface area contributed by atoms with Crippen LogP contribution in [0.3, 0.4) is 0 Å². The van der Waals surface area contributed by atoms with Crippen LogP contribution in [-0.2, 0) is 19.1 Å². The Kier molecular flexibility index (Phi) is 4.64. The molecular formula is C13H12N2O8. The summed E-state index contributed by atoms with van der Waals surface area (Å²) in [6.45, 7) is -0.0716. The van der Waals surface area contributed by atoms with Crippen molar-refractivity contribution in [3.63, 3.8) is 0 Å². The van der Waals surface area contributed by atoms with Crippen molar-refractivity contribution in [2.45, 2.75) is 0 Å². The minimum atomic E-state index is -0.901. The number of nitrogens with one attached hydrogen (secondary N) is 1. The summed E-state index contributed by atoms with van der Waals surface area (Å²) in [5.41, 5.74) is -0.768. The molecule has 1 aliphatic heterocycles. The Hall–Kier alpha value is -3.30. The van der Waals surface area contributed by atoms with Gasteiger partial charge in [-0.25, -0.2) is 9.59 Å². The summed E-state index contributed by atoms with van der Waals surface area (Å²) in [7, 11) is 2.22. The first-order chi connectivity index (χ1) is 11.0. The van der Waals surface area contributed by atoms with Gasteiger partial charge in [-0.2, -0.15) is 0 Å². The van der Waals surface area contributed by atoms with Crippen LogP contribution in [0.2, 0.25) is 0 Å². The van der Waals surface area contributed by atoms with E-state index in [1.165, 1.54) is 6.07 Å². The van der Waals surface area contributed by atoms with Crippen LogP contribution >= 0.6 is 0 Å². The van der Waals surface area contributed by atoms with Crippen LogP contribution in [0.5, 0.6) is 11.5 Å². The molecule has 0 unspecified atom stereocenters. The first-order valence-corrected chi connectivity index (χ1v) is 6.19. The van der Waals surface area contributed by atoms with Gasteiger partial charge in [0.15, 0.2) is 11.5 Å². The molecule has 122 valence electrons. The number of anilines is 1.